The molecule has 1 aromatic rings. The Balaban J connectivity index is 0.00000144. The van der Waals surface area contributed by atoms with Crippen molar-refractivity contribution in [3.63, 3.8) is 0 Å². The molecule has 0 aliphatic heterocycles. The molecule has 0 atom stereocenters. The van der Waals surface area contributed by atoms with Gasteiger partial charge in [-0.1, -0.05) is 0 Å². The molecule has 1 aliphatic carbocycles. The summed E-state index contributed by atoms with van der Waals surface area (Å²) in [5, 5.41) is 10.8. The quantitative estimate of drug-likeness (QED) is 0.525. The van der Waals surface area contributed by atoms with Crippen LogP contribution in [-0.2, 0) is 16.4 Å². The zero-order chi connectivity index (χ0) is 12.0. The molecule has 0 spiro atoms. The number of alkyl halides is 3. The molecule has 0 radical (unpaired) electrons. The fraction of sp³-hybridized carbons (Fsp3) is 0.444. The maximum atomic E-state index is 12.2. The molecule has 0 unspecified atom stereocenters. The first kappa shape index (κ1) is 14.0. The van der Waals surface area contributed by atoms with E-state index in [4.69, 9.17) is 0 Å². The van der Waals surface area contributed by atoms with Gasteiger partial charge in [0.25, 0.3) is 0 Å². The van der Waals surface area contributed by atoms with Crippen molar-refractivity contribution < 1.29 is 41.9 Å². The molecular formula is C9H6F3LiN2O2. The summed E-state index contributed by atoms with van der Waals surface area (Å²) in [6, 6.07) is 0. The van der Waals surface area contributed by atoms with E-state index >= 15 is 0 Å². The summed E-state index contributed by atoms with van der Waals surface area (Å²) in [4.78, 5) is 17.4. The molecule has 17 heavy (non-hydrogen) atoms. The van der Waals surface area contributed by atoms with Gasteiger partial charge in [-0.3, -0.25) is 4.98 Å². The molecule has 0 amide bonds. The number of carbonyl (C=O) groups is 1. The van der Waals surface area contributed by atoms with Gasteiger partial charge < -0.3 is 9.90 Å². The number of carboxylic acid groups (broad SMARTS) is 1. The Morgan fingerprint density at radius 3 is 2.18 bits per heavy atom. The summed E-state index contributed by atoms with van der Waals surface area (Å²) in [7, 11) is 0. The van der Waals surface area contributed by atoms with Crippen molar-refractivity contribution in [2.75, 3.05) is 0 Å². The number of carbonyl (C=O) groups excluding carboxylic acids is 1. The van der Waals surface area contributed by atoms with Crippen LogP contribution in [0.4, 0.5) is 13.2 Å². The average molecular weight is 238 g/mol. The van der Waals surface area contributed by atoms with Crippen LogP contribution in [0.15, 0.2) is 12.4 Å². The number of nitrogens with zero attached hydrogens (tertiary/aromatic N) is 2. The van der Waals surface area contributed by atoms with E-state index < -0.39 is 23.3 Å². The first-order valence-corrected chi connectivity index (χ1v) is 4.47. The van der Waals surface area contributed by atoms with Crippen LogP contribution in [0, 0.1) is 0 Å². The second kappa shape index (κ2) is 4.31. The van der Waals surface area contributed by atoms with Gasteiger partial charge in [-0.25, -0.2) is 4.98 Å². The molecule has 8 heteroatoms. The molecule has 0 bridgehead atoms. The van der Waals surface area contributed by atoms with Crippen molar-refractivity contribution in [3.05, 3.63) is 23.8 Å². The fourth-order valence-electron chi connectivity index (χ4n) is 1.41. The van der Waals surface area contributed by atoms with Crippen molar-refractivity contribution in [2.45, 2.75) is 24.4 Å². The maximum absolute atomic E-state index is 12.2. The molecule has 1 heterocycles. The molecule has 4 nitrogen and oxygen atoms in total. The smallest absolute Gasteiger partial charge is 0.549 e. The minimum absolute atomic E-state index is 0. The molecule has 1 fully saturated rings. The number of aliphatic carboxylic acids is 1. The van der Waals surface area contributed by atoms with E-state index in [0.29, 0.717) is 19.0 Å². The third-order valence-corrected chi connectivity index (χ3v) is 2.57. The number of hydrogen-bond acceptors (Lipinski definition) is 4. The molecule has 2 rings (SSSR count). The van der Waals surface area contributed by atoms with E-state index in [-0.39, 0.29) is 24.6 Å². The number of aromatic nitrogens is 2. The zero-order valence-corrected chi connectivity index (χ0v) is 8.91. The summed E-state index contributed by atoms with van der Waals surface area (Å²) < 4.78 is 36.5. The van der Waals surface area contributed by atoms with Crippen molar-refractivity contribution >= 4 is 5.97 Å². The molecule has 1 saturated carbocycles. The van der Waals surface area contributed by atoms with Crippen LogP contribution < -0.4 is 24.0 Å². The Morgan fingerprint density at radius 1 is 1.29 bits per heavy atom. The minimum atomic E-state index is -4.57. The molecular weight excluding hydrogens is 232 g/mol. The van der Waals surface area contributed by atoms with Gasteiger partial charge in [-0.2, -0.15) is 13.2 Å². The van der Waals surface area contributed by atoms with Crippen LogP contribution in [0.1, 0.15) is 24.2 Å². The van der Waals surface area contributed by atoms with E-state index in [1.54, 1.807) is 0 Å². The predicted octanol–water partition coefficient (Wildman–Crippen LogP) is -2.72. The van der Waals surface area contributed by atoms with Crippen molar-refractivity contribution in [1.82, 2.24) is 9.97 Å². The van der Waals surface area contributed by atoms with Gasteiger partial charge in [0.1, 0.15) is 0 Å². The summed E-state index contributed by atoms with van der Waals surface area (Å²) in [5.41, 5.74) is -2.33. The second-order valence-corrected chi connectivity index (χ2v) is 3.65. The third kappa shape index (κ3) is 2.45. The third-order valence-electron chi connectivity index (χ3n) is 2.57. The molecule has 0 saturated heterocycles. The first-order chi connectivity index (χ1) is 7.36. The van der Waals surface area contributed by atoms with Gasteiger partial charge in [-0.15, -0.1) is 0 Å². The number of carboxylic acids is 1. The minimum Gasteiger partial charge on any atom is -0.549 e. The standard InChI is InChI=1S/C9H7F3N2O2.Li/c10-9(11,12)6-4-13-5(3-14-6)8(1-2-8)7(15)16;/h3-4H,1-2H2,(H,15,16);/q;+1/p-1. The zero-order valence-electron chi connectivity index (χ0n) is 8.91. The van der Waals surface area contributed by atoms with E-state index in [1.807, 2.05) is 0 Å². The summed E-state index contributed by atoms with van der Waals surface area (Å²) in [6.45, 7) is 0. The van der Waals surface area contributed by atoms with Gasteiger partial charge in [0.15, 0.2) is 5.69 Å². The average Bonchev–Trinajstić information content (AvgIpc) is 2.97. The number of hydrogen-bond donors (Lipinski definition) is 0. The molecule has 1 aromatic heterocycles. The van der Waals surface area contributed by atoms with Crippen LogP contribution in [0.2, 0.25) is 0 Å². The van der Waals surface area contributed by atoms with Crippen LogP contribution in [0.25, 0.3) is 0 Å². The topological polar surface area (TPSA) is 65.9 Å². The Labute approximate surface area is 106 Å². The van der Waals surface area contributed by atoms with Crippen LogP contribution >= 0.6 is 0 Å². The first-order valence-electron chi connectivity index (χ1n) is 4.47. The van der Waals surface area contributed by atoms with Crippen molar-refractivity contribution in [1.29, 1.82) is 0 Å². The number of halogens is 3. The van der Waals surface area contributed by atoms with Gasteiger partial charge >= 0.3 is 25.0 Å². The number of rotatable bonds is 2. The largest absolute Gasteiger partial charge is 1.00 e. The predicted molar refractivity (Wildman–Crippen MR) is 43.0 cm³/mol. The van der Waals surface area contributed by atoms with Gasteiger partial charge in [0, 0.05) is 0 Å². The maximum Gasteiger partial charge on any atom is 1.00 e. The SMILES string of the molecule is O=C([O-])C1(c2cnc(C(F)(F)F)cn2)CC1.[Li+]. The Bertz CT molecular complexity index is 429. The van der Waals surface area contributed by atoms with Crippen LogP contribution in [-0.4, -0.2) is 15.9 Å². The van der Waals surface area contributed by atoms with E-state index in [0.717, 1.165) is 6.20 Å². The molecule has 0 N–H and O–H groups in total. The Morgan fingerprint density at radius 2 is 1.88 bits per heavy atom. The summed E-state index contributed by atoms with van der Waals surface area (Å²) in [6.07, 6.45) is -2.52. The second-order valence-electron chi connectivity index (χ2n) is 3.65. The van der Waals surface area contributed by atoms with E-state index in [1.165, 1.54) is 0 Å². The summed E-state index contributed by atoms with van der Waals surface area (Å²) in [5.74, 6) is -1.32. The van der Waals surface area contributed by atoms with E-state index in [9.17, 15) is 23.1 Å². The van der Waals surface area contributed by atoms with Gasteiger partial charge in [0.2, 0.25) is 0 Å². The Hall–Kier alpha value is -1.06. The van der Waals surface area contributed by atoms with Gasteiger partial charge in [0.05, 0.1) is 29.5 Å². The van der Waals surface area contributed by atoms with Crippen LogP contribution in [0.5, 0.6) is 0 Å². The van der Waals surface area contributed by atoms with Gasteiger partial charge in [-0.05, 0) is 12.8 Å². The molecule has 86 valence electrons. The van der Waals surface area contributed by atoms with Crippen LogP contribution in [0.3, 0.4) is 0 Å². The van der Waals surface area contributed by atoms with Crippen molar-refractivity contribution in [2.24, 2.45) is 0 Å². The molecule has 1 aliphatic rings. The normalized spacial score (nSPS) is 17.1. The van der Waals surface area contributed by atoms with Crippen molar-refractivity contribution in [3.8, 4) is 0 Å². The monoisotopic (exact) mass is 238 g/mol. The summed E-state index contributed by atoms with van der Waals surface area (Å²) >= 11 is 0. The van der Waals surface area contributed by atoms with E-state index in [2.05, 4.69) is 9.97 Å². The molecule has 0 aromatic carbocycles. The fourth-order valence-corrected chi connectivity index (χ4v) is 1.41. The Kier molecular flexibility index (Phi) is 3.55.